The lowest BCUT2D eigenvalue weighted by Crippen LogP contribution is -2.11. The number of rotatable bonds is 5. The minimum atomic E-state index is 0.440. The van der Waals surface area contributed by atoms with Gasteiger partial charge in [0.05, 0.1) is 15.0 Å². The van der Waals surface area contributed by atoms with Gasteiger partial charge in [0, 0.05) is 12.3 Å². The van der Waals surface area contributed by atoms with E-state index in [1.165, 1.54) is 37.8 Å². The van der Waals surface area contributed by atoms with Gasteiger partial charge in [-0.1, -0.05) is 33.1 Å². The number of halogens is 1. The molecule has 0 unspecified atom stereocenters. The highest BCUT2D eigenvalue weighted by molar-refractivity contribution is 14.1. The molecule has 1 fully saturated rings. The van der Waals surface area contributed by atoms with E-state index >= 15 is 0 Å². The molecule has 1 aliphatic carbocycles. The van der Waals surface area contributed by atoms with Gasteiger partial charge in [-0.2, -0.15) is 11.8 Å². The molecule has 0 spiro atoms. The van der Waals surface area contributed by atoms with Crippen molar-refractivity contribution in [3.63, 3.8) is 0 Å². The molecule has 3 nitrogen and oxygen atoms in total. The van der Waals surface area contributed by atoms with Gasteiger partial charge in [-0.15, -0.1) is 0 Å². The SMILES string of the molecule is CNc1nc(CSC2CCCCC2)nc(C(C)C)c1I. The molecule has 0 bridgehead atoms. The number of nitrogens with zero attached hydrogens (tertiary/aromatic N) is 2. The normalized spacial score (nSPS) is 16.6. The third kappa shape index (κ3) is 4.23. The van der Waals surface area contributed by atoms with Crippen molar-refractivity contribution in [2.24, 2.45) is 0 Å². The van der Waals surface area contributed by atoms with Gasteiger partial charge in [0.1, 0.15) is 11.6 Å². The second kappa shape index (κ2) is 7.82. The van der Waals surface area contributed by atoms with Crippen molar-refractivity contribution in [2.75, 3.05) is 12.4 Å². The molecule has 1 aromatic rings. The molecule has 1 heterocycles. The third-order valence-corrected chi connectivity index (χ3v) is 6.14. The predicted molar refractivity (Wildman–Crippen MR) is 96.6 cm³/mol. The Morgan fingerprint density at radius 1 is 1.25 bits per heavy atom. The molecule has 20 heavy (non-hydrogen) atoms. The molecule has 0 amide bonds. The number of anilines is 1. The molecular weight excluding hydrogens is 381 g/mol. The first-order valence-electron chi connectivity index (χ1n) is 7.47. The fraction of sp³-hybridized carbons (Fsp3) is 0.733. The first-order valence-corrected chi connectivity index (χ1v) is 9.60. The third-order valence-electron chi connectivity index (χ3n) is 3.71. The smallest absolute Gasteiger partial charge is 0.143 e. The topological polar surface area (TPSA) is 37.8 Å². The molecule has 0 aromatic carbocycles. The Morgan fingerprint density at radius 2 is 1.95 bits per heavy atom. The number of aromatic nitrogens is 2. The van der Waals surface area contributed by atoms with Crippen LogP contribution in [0.5, 0.6) is 0 Å². The molecule has 0 radical (unpaired) electrons. The summed E-state index contributed by atoms with van der Waals surface area (Å²) in [7, 11) is 1.94. The summed E-state index contributed by atoms with van der Waals surface area (Å²) in [4.78, 5) is 9.45. The Labute approximate surface area is 140 Å². The maximum absolute atomic E-state index is 4.79. The van der Waals surface area contributed by atoms with Crippen molar-refractivity contribution in [1.29, 1.82) is 0 Å². The highest BCUT2D eigenvalue weighted by atomic mass is 127. The van der Waals surface area contributed by atoms with Crippen LogP contribution < -0.4 is 5.32 Å². The van der Waals surface area contributed by atoms with E-state index in [1.54, 1.807) is 0 Å². The van der Waals surface area contributed by atoms with Crippen LogP contribution in [0.15, 0.2) is 0 Å². The molecular formula is C15H24IN3S. The minimum absolute atomic E-state index is 0.440. The van der Waals surface area contributed by atoms with Gasteiger partial charge in [-0.25, -0.2) is 9.97 Å². The molecule has 1 aliphatic rings. The van der Waals surface area contributed by atoms with Crippen molar-refractivity contribution in [2.45, 2.75) is 62.9 Å². The Balaban J connectivity index is 2.08. The van der Waals surface area contributed by atoms with Crippen LogP contribution in [0.2, 0.25) is 0 Å². The van der Waals surface area contributed by atoms with Gasteiger partial charge in [0.25, 0.3) is 0 Å². The second-order valence-electron chi connectivity index (χ2n) is 5.66. The molecule has 0 saturated heterocycles. The molecule has 112 valence electrons. The number of nitrogens with one attached hydrogen (secondary N) is 1. The summed E-state index contributed by atoms with van der Waals surface area (Å²) >= 11 is 4.39. The first kappa shape index (κ1) is 16.3. The number of hydrogen-bond donors (Lipinski definition) is 1. The Morgan fingerprint density at radius 3 is 2.55 bits per heavy atom. The first-order chi connectivity index (χ1) is 9.61. The lowest BCUT2D eigenvalue weighted by molar-refractivity contribution is 0.516. The molecule has 2 rings (SSSR count). The van der Waals surface area contributed by atoms with Crippen LogP contribution in [-0.4, -0.2) is 22.3 Å². The zero-order valence-corrected chi connectivity index (χ0v) is 15.6. The summed E-state index contributed by atoms with van der Waals surface area (Å²) in [5, 5.41) is 4.01. The van der Waals surface area contributed by atoms with E-state index in [0.717, 1.165) is 26.2 Å². The molecule has 5 heteroatoms. The summed E-state index contributed by atoms with van der Waals surface area (Å²) in [6.07, 6.45) is 6.93. The Kier molecular flexibility index (Phi) is 6.39. The lowest BCUT2D eigenvalue weighted by Gasteiger charge is -2.21. The van der Waals surface area contributed by atoms with Crippen molar-refractivity contribution in [3.05, 3.63) is 15.1 Å². The summed E-state index contributed by atoms with van der Waals surface area (Å²) in [6, 6.07) is 0. The van der Waals surface area contributed by atoms with E-state index in [4.69, 9.17) is 4.98 Å². The van der Waals surface area contributed by atoms with Crippen LogP contribution in [0.25, 0.3) is 0 Å². The van der Waals surface area contributed by atoms with Gasteiger partial charge >= 0.3 is 0 Å². The van der Waals surface area contributed by atoms with Crippen LogP contribution in [0.4, 0.5) is 5.82 Å². The van der Waals surface area contributed by atoms with Crippen molar-refractivity contribution >= 4 is 40.2 Å². The van der Waals surface area contributed by atoms with Gasteiger partial charge in [0.15, 0.2) is 0 Å². The lowest BCUT2D eigenvalue weighted by atomic mass is 10.0. The highest BCUT2D eigenvalue weighted by Gasteiger charge is 2.17. The van der Waals surface area contributed by atoms with Crippen LogP contribution in [0.3, 0.4) is 0 Å². The Hall–Kier alpha value is -0.0400. The van der Waals surface area contributed by atoms with E-state index < -0.39 is 0 Å². The van der Waals surface area contributed by atoms with Crippen molar-refractivity contribution < 1.29 is 0 Å². The largest absolute Gasteiger partial charge is 0.372 e. The minimum Gasteiger partial charge on any atom is -0.372 e. The van der Waals surface area contributed by atoms with Crippen LogP contribution in [-0.2, 0) is 5.75 Å². The van der Waals surface area contributed by atoms with E-state index in [1.807, 2.05) is 18.8 Å². The van der Waals surface area contributed by atoms with E-state index in [-0.39, 0.29) is 0 Å². The summed E-state index contributed by atoms with van der Waals surface area (Å²) in [6.45, 7) is 4.39. The van der Waals surface area contributed by atoms with E-state index in [0.29, 0.717) is 5.92 Å². The fourth-order valence-corrected chi connectivity index (χ4v) is 4.86. The predicted octanol–water partition coefficient (Wildman–Crippen LogP) is 4.81. The van der Waals surface area contributed by atoms with Crippen LogP contribution in [0.1, 0.15) is 63.4 Å². The number of thioether (sulfide) groups is 1. The molecule has 0 atom stereocenters. The van der Waals surface area contributed by atoms with Gasteiger partial charge < -0.3 is 5.32 Å². The maximum atomic E-state index is 4.79. The maximum Gasteiger partial charge on any atom is 0.143 e. The summed E-state index contributed by atoms with van der Waals surface area (Å²) in [5.41, 5.74) is 1.17. The average Bonchev–Trinajstić information content (AvgIpc) is 2.47. The van der Waals surface area contributed by atoms with Crippen LogP contribution >= 0.6 is 34.4 Å². The molecule has 1 aromatic heterocycles. The van der Waals surface area contributed by atoms with Gasteiger partial charge in [-0.05, 0) is 41.4 Å². The number of hydrogen-bond acceptors (Lipinski definition) is 4. The zero-order valence-electron chi connectivity index (χ0n) is 12.6. The summed E-state index contributed by atoms with van der Waals surface area (Å²) in [5.74, 6) is 3.34. The standard InChI is InChI=1S/C15H24IN3S/c1-10(2)14-13(16)15(17-3)19-12(18-14)9-20-11-7-5-4-6-8-11/h10-11H,4-9H2,1-3H3,(H,17,18,19). The van der Waals surface area contributed by atoms with E-state index in [2.05, 4.69) is 46.7 Å². The van der Waals surface area contributed by atoms with E-state index in [9.17, 15) is 0 Å². The van der Waals surface area contributed by atoms with Crippen molar-refractivity contribution in [1.82, 2.24) is 9.97 Å². The fourth-order valence-electron chi connectivity index (χ4n) is 2.55. The molecule has 1 saturated carbocycles. The Bertz CT molecular complexity index is 445. The summed E-state index contributed by atoms with van der Waals surface area (Å²) < 4.78 is 1.16. The molecule has 1 N–H and O–H groups in total. The molecule has 0 aliphatic heterocycles. The van der Waals surface area contributed by atoms with Gasteiger partial charge in [0.2, 0.25) is 0 Å². The second-order valence-corrected chi connectivity index (χ2v) is 8.03. The van der Waals surface area contributed by atoms with Gasteiger partial charge in [-0.3, -0.25) is 0 Å². The highest BCUT2D eigenvalue weighted by Crippen LogP contribution is 2.31. The van der Waals surface area contributed by atoms with Crippen molar-refractivity contribution in [3.8, 4) is 0 Å². The zero-order chi connectivity index (χ0) is 14.5. The van der Waals surface area contributed by atoms with Crippen LogP contribution in [0, 0.1) is 3.57 Å². The quantitative estimate of drug-likeness (QED) is 0.714. The average molecular weight is 405 g/mol. The monoisotopic (exact) mass is 405 g/mol.